The lowest BCUT2D eigenvalue weighted by molar-refractivity contribution is -0.914. The maximum atomic E-state index is 11.9. The average Bonchev–Trinajstić information content (AvgIpc) is 2.47. The molecule has 1 aromatic carbocycles. The quantitative estimate of drug-likeness (QED) is 0.704. The van der Waals surface area contributed by atoms with E-state index in [1.165, 1.54) is 4.90 Å². The minimum absolute atomic E-state index is 0.0125. The van der Waals surface area contributed by atoms with Crippen molar-refractivity contribution in [2.45, 2.75) is 19.9 Å². The van der Waals surface area contributed by atoms with E-state index in [9.17, 15) is 9.90 Å². The van der Waals surface area contributed by atoms with E-state index in [-0.39, 0.29) is 11.9 Å². The summed E-state index contributed by atoms with van der Waals surface area (Å²) in [6.45, 7) is 8.14. The molecule has 5 heteroatoms. The lowest BCUT2D eigenvalue weighted by Gasteiger charge is -2.36. The Balaban J connectivity index is 1.92. The number of quaternary nitrogens is 1. The molecular formula is C15H24N3O2+. The minimum atomic E-state index is -0.0125. The van der Waals surface area contributed by atoms with Crippen LogP contribution in [0.25, 0.3) is 0 Å². The molecule has 0 aromatic heterocycles. The van der Waals surface area contributed by atoms with Crippen LogP contribution in [0.4, 0.5) is 5.69 Å². The second kappa shape index (κ2) is 6.61. The van der Waals surface area contributed by atoms with Gasteiger partial charge in [-0.25, -0.2) is 0 Å². The van der Waals surface area contributed by atoms with E-state index in [0.29, 0.717) is 12.3 Å². The number of nitrogens with one attached hydrogen (secondary N) is 2. The summed E-state index contributed by atoms with van der Waals surface area (Å²) in [7, 11) is 0. The van der Waals surface area contributed by atoms with Crippen molar-refractivity contribution in [3.05, 3.63) is 24.3 Å². The number of carbonyl (C=O) groups is 1. The molecule has 0 bridgehead atoms. The lowest BCUT2D eigenvalue weighted by Crippen LogP contribution is -3.19. The Morgan fingerprint density at radius 2 is 2.05 bits per heavy atom. The smallest absolute Gasteiger partial charge is 0.278 e. The van der Waals surface area contributed by atoms with Crippen LogP contribution in [-0.4, -0.2) is 49.8 Å². The predicted molar refractivity (Wildman–Crippen MR) is 79.2 cm³/mol. The number of carbonyl (C=O) groups excluding carboxylic acids is 1. The van der Waals surface area contributed by atoms with Gasteiger partial charge in [-0.3, -0.25) is 4.79 Å². The van der Waals surface area contributed by atoms with Crippen LogP contribution >= 0.6 is 0 Å². The number of nitrogens with zero attached hydrogens (tertiary/aromatic N) is 1. The molecule has 1 aliphatic rings. The van der Waals surface area contributed by atoms with Crippen LogP contribution in [0, 0.1) is 0 Å². The summed E-state index contributed by atoms with van der Waals surface area (Å²) in [4.78, 5) is 15.4. The zero-order chi connectivity index (χ0) is 14.5. The number of rotatable bonds is 4. The molecule has 3 N–H and O–H groups in total. The standard InChI is InChI=1S/C15H23N3O2/c1-3-16-15(20)12(2)17-8-10-18(11-9-17)13-6-4-5-7-14(13)19/h4-7,12,19H,3,8-11H2,1-2H3,(H,16,20)/p+1/t12-/m0/s1. The molecule has 1 amide bonds. The minimum Gasteiger partial charge on any atom is -0.506 e. The van der Waals surface area contributed by atoms with Crippen molar-refractivity contribution in [2.75, 3.05) is 37.6 Å². The molecule has 20 heavy (non-hydrogen) atoms. The molecule has 1 heterocycles. The topological polar surface area (TPSA) is 57.0 Å². The first-order chi connectivity index (χ1) is 9.63. The molecular weight excluding hydrogens is 254 g/mol. The van der Waals surface area contributed by atoms with Crippen LogP contribution in [0.1, 0.15) is 13.8 Å². The van der Waals surface area contributed by atoms with Gasteiger partial charge in [0.25, 0.3) is 5.91 Å². The third-order valence-electron chi connectivity index (χ3n) is 3.98. The van der Waals surface area contributed by atoms with Crippen molar-refractivity contribution < 1.29 is 14.8 Å². The van der Waals surface area contributed by atoms with Gasteiger partial charge in [0.05, 0.1) is 31.9 Å². The van der Waals surface area contributed by atoms with Crippen LogP contribution < -0.4 is 15.1 Å². The monoisotopic (exact) mass is 278 g/mol. The summed E-state index contributed by atoms with van der Waals surface area (Å²) >= 11 is 0. The Kier molecular flexibility index (Phi) is 4.84. The maximum absolute atomic E-state index is 11.9. The zero-order valence-electron chi connectivity index (χ0n) is 12.2. The number of phenols is 1. The van der Waals surface area contributed by atoms with E-state index < -0.39 is 0 Å². The normalized spacial score (nSPS) is 17.8. The van der Waals surface area contributed by atoms with Crippen LogP contribution in [0.3, 0.4) is 0 Å². The average molecular weight is 278 g/mol. The molecule has 1 fully saturated rings. The Morgan fingerprint density at radius 3 is 2.65 bits per heavy atom. The SMILES string of the molecule is CCNC(=O)[C@H](C)[NH+]1CCN(c2ccccc2O)CC1. The van der Waals surface area contributed by atoms with E-state index in [4.69, 9.17) is 0 Å². The Bertz CT molecular complexity index is 456. The van der Waals surface area contributed by atoms with Crippen molar-refractivity contribution in [1.29, 1.82) is 0 Å². The molecule has 0 radical (unpaired) electrons. The van der Waals surface area contributed by atoms with E-state index >= 15 is 0 Å². The molecule has 1 aromatic rings. The van der Waals surface area contributed by atoms with Gasteiger partial charge in [0.15, 0.2) is 6.04 Å². The number of anilines is 1. The third-order valence-corrected chi connectivity index (χ3v) is 3.98. The summed E-state index contributed by atoms with van der Waals surface area (Å²) in [5.74, 6) is 0.450. The first kappa shape index (κ1) is 14.7. The molecule has 1 atom stereocenters. The molecule has 0 saturated carbocycles. The first-order valence-corrected chi connectivity index (χ1v) is 7.28. The fraction of sp³-hybridized carbons (Fsp3) is 0.533. The van der Waals surface area contributed by atoms with E-state index in [1.54, 1.807) is 6.07 Å². The molecule has 0 aliphatic carbocycles. The van der Waals surface area contributed by atoms with Crippen LogP contribution in [0.15, 0.2) is 24.3 Å². The molecule has 5 nitrogen and oxygen atoms in total. The van der Waals surface area contributed by atoms with E-state index in [0.717, 1.165) is 31.9 Å². The Morgan fingerprint density at radius 1 is 1.40 bits per heavy atom. The molecule has 1 aliphatic heterocycles. The number of likely N-dealkylation sites (N-methyl/N-ethyl adjacent to an activating group) is 1. The summed E-state index contributed by atoms with van der Waals surface area (Å²) in [5, 5.41) is 12.8. The maximum Gasteiger partial charge on any atom is 0.278 e. The lowest BCUT2D eigenvalue weighted by atomic mass is 10.2. The predicted octanol–water partition coefficient (Wildman–Crippen LogP) is -0.378. The van der Waals surface area contributed by atoms with Gasteiger partial charge < -0.3 is 20.2 Å². The van der Waals surface area contributed by atoms with Crippen molar-refractivity contribution in [2.24, 2.45) is 0 Å². The van der Waals surface area contributed by atoms with Crippen molar-refractivity contribution in [3.63, 3.8) is 0 Å². The number of benzene rings is 1. The van der Waals surface area contributed by atoms with E-state index in [2.05, 4.69) is 10.2 Å². The van der Waals surface area contributed by atoms with Gasteiger partial charge in [0.1, 0.15) is 5.75 Å². The van der Waals surface area contributed by atoms with Gasteiger partial charge in [-0.2, -0.15) is 0 Å². The molecule has 110 valence electrons. The highest BCUT2D eigenvalue weighted by molar-refractivity contribution is 5.79. The van der Waals surface area contributed by atoms with Crippen LogP contribution in [0.5, 0.6) is 5.75 Å². The van der Waals surface area contributed by atoms with Gasteiger partial charge in [-0.1, -0.05) is 12.1 Å². The highest BCUT2D eigenvalue weighted by atomic mass is 16.3. The number of hydrogen-bond acceptors (Lipinski definition) is 3. The zero-order valence-corrected chi connectivity index (χ0v) is 12.2. The molecule has 0 spiro atoms. The van der Waals surface area contributed by atoms with Gasteiger partial charge in [0.2, 0.25) is 0 Å². The highest BCUT2D eigenvalue weighted by Crippen LogP contribution is 2.25. The number of amides is 1. The number of phenolic OH excluding ortho intramolecular Hbond substituents is 1. The number of aromatic hydroxyl groups is 1. The summed E-state index contributed by atoms with van der Waals surface area (Å²) in [5.41, 5.74) is 0.886. The van der Waals surface area contributed by atoms with Gasteiger partial charge >= 0.3 is 0 Å². The molecule has 2 rings (SSSR count). The van der Waals surface area contributed by atoms with Crippen molar-refractivity contribution in [3.8, 4) is 5.75 Å². The number of para-hydroxylation sites is 2. The largest absolute Gasteiger partial charge is 0.506 e. The second-order valence-electron chi connectivity index (χ2n) is 5.25. The Labute approximate surface area is 120 Å². The fourth-order valence-electron chi connectivity index (χ4n) is 2.71. The van der Waals surface area contributed by atoms with Crippen molar-refractivity contribution in [1.82, 2.24) is 5.32 Å². The number of hydrogen-bond donors (Lipinski definition) is 3. The molecule has 0 unspecified atom stereocenters. The highest BCUT2D eigenvalue weighted by Gasteiger charge is 2.29. The first-order valence-electron chi connectivity index (χ1n) is 7.28. The van der Waals surface area contributed by atoms with Crippen LogP contribution in [-0.2, 0) is 4.79 Å². The molecule has 1 saturated heterocycles. The fourth-order valence-corrected chi connectivity index (χ4v) is 2.71. The van der Waals surface area contributed by atoms with Gasteiger partial charge in [-0.05, 0) is 26.0 Å². The van der Waals surface area contributed by atoms with Gasteiger partial charge in [0, 0.05) is 6.54 Å². The Hall–Kier alpha value is -1.75. The van der Waals surface area contributed by atoms with Crippen LogP contribution in [0.2, 0.25) is 0 Å². The second-order valence-corrected chi connectivity index (χ2v) is 5.25. The van der Waals surface area contributed by atoms with Crippen molar-refractivity contribution >= 4 is 11.6 Å². The number of piperazine rings is 1. The van der Waals surface area contributed by atoms with E-state index in [1.807, 2.05) is 32.0 Å². The summed E-state index contributed by atoms with van der Waals surface area (Å²) < 4.78 is 0. The van der Waals surface area contributed by atoms with Gasteiger partial charge in [-0.15, -0.1) is 0 Å². The summed E-state index contributed by atoms with van der Waals surface area (Å²) in [6.07, 6.45) is 0. The summed E-state index contributed by atoms with van der Waals surface area (Å²) in [6, 6.07) is 7.41. The third kappa shape index (κ3) is 3.22.